The van der Waals surface area contributed by atoms with Gasteiger partial charge in [0.05, 0.1) is 5.69 Å². The predicted molar refractivity (Wildman–Crippen MR) is 67.7 cm³/mol. The lowest BCUT2D eigenvalue weighted by Crippen LogP contribution is -2.29. The number of amides is 1. The van der Waals surface area contributed by atoms with Crippen LogP contribution < -0.4 is 17.0 Å². The van der Waals surface area contributed by atoms with Crippen LogP contribution >= 0.6 is 11.8 Å². The number of benzene rings is 1. The van der Waals surface area contributed by atoms with Gasteiger partial charge in [0, 0.05) is 11.3 Å². The molecule has 0 spiro atoms. The normalized spacial score (nSPS) is 10.2. The lowest BCUT2D eigenvalue weighted by molar-refractivity contribution is -0.121. The molecule has 0 saturated heterocycles. The van der Waals surface area contributed by atoms with Crippen molar-refractivity contribution in [2.24, 2.45) is 5.84 Å². The Balaban J connectivity index is 2.22. The zero-order valence-corrected chi connectivity index (χ0v) is 10.2. The van der Waals surface area contributed by atoms with Crippen molar-refractivity contribution in [2.75, 3.05) is 11.5 Å². The fourth-order valence-corrected chi connectivity index (χ4v) is 2.18. The van der Waals surface area contributed by atoms with Crippen LogP contribution in [0, 0.1) is 5.82 Å². The molecule has 0 fully saturated rings. The highest BCUT2D eigenvalue weighted by Gasteiger charge is 2.01. The number of carbonyl (C=O) groups is 1. The maximum Gasteiger partial charge on any atom is 0.233 e. The summed E-state index contributed by atoms with van der Waals surface area (Å²) in [4.78, 5) is 11.7. The van der Waals surface area contributed by atoms with Gasteiger partial charge in [-0.3, -0.25) is 10.2 Å². The molecule has 5 N–H and O–H groups in total. The number of nitrogens with one attached hydrogen (secondary N) is 1. The van der Waals surface area contributed by atoms with E-state index in [0.29, 0.717) is 6.42 Å². The van der Waals surface area contributed by atoms with E-state index in [0.717, 1.165) is 23.5 Å². The maximum atomic E-state index is 13.1. The Morgan fingerprint density at radius 3 is 2.82 bits per heavy atom. The SMILES string of the molecule is NNC(=O)CCCCSc1ccc(N)c(F)c1. The van der Waals surface area contributed by atoms with Crippen molar-refractivity contribution in [2.45, 2.75) is 24.2 Å². The highest BCUT2D eigenvalue weighted by Crippen LogP contribution is 2.23. The lowest BCUT2D eigenvalue weighted by atomic mass is 10.2. The Kier molecular flexibility index (Phi) is 5.79. The van der Waals surface area contributed by atoms with Gasteiger partial charge >= 0.3 is 0 Å². The molecule has 0 unspecified atom stereocenters. The van der Waals surface area contributed by atoms with Gasteiger partial charge in [0.2, 0.25) is 5.91 Å². The summed E-state index contributed by atoms with van der Waals surface area (Å²) < 4.78 is 13.1. The van der Waals surface area contributed by atoms with Crippen LogP contribution in [-0.2, 0) is 4.79 Å². The zero-order chi connectivity index (χ0) is 12.7. The van der Waals surface area contributed by atoms with E-state index in [1.54, 1.807) is 23.9 Å². The molecule has 1 amide bonds. The first-order valence-corrected chi connectivity index (χ1v) is 6.29. The molecule has 6 heteroatoms. The lowest BCUT2D eigenvalue weighted by Gasteiger charge is -2.03. The quantitative estimate of drug-likeness (QED) is 0.181. The predicted octanol–water partition coefficient (Wildman–Crippen LogP) is 1.66. The molecular formula is C11H16FN3OS. The molecular weight excluding hydrogens is 241 g/mol. The average molecular weight is 257 g/mol. The van der Waals surface area contributed by atoms with Crippen molar-refractivity contribution in [3.63, 3.8) is 0 Å². The second kappa shape index (κ2) is 7.13. The van der Waals surface area contributed by atoms with E-state index >= 15 is 0 Å². The molecule has 1 rings (SSSR count). The summed E-state index contributed by atoms with van der Waals surface area (Å²) in [6.07, 6.45) is 2.07. The van der Waals surface area contributed by atoms with Gasteiger partial charge in [-0.1, -0.05) is 0 Å². The summed E-state index contributed by atoms with van der Waals surface area (Å²) in [5, 5.41) is 0. The van der Waals surface area contributed by atoms with Gasteiger partial charge in [-0.25, -0.2) is 10.2 Å². The number of hydrazine groups is 1. The first-order valence-electron chi connectivity index (χ1n) is 5.30. The molecule has 0 bridgehead atoms. The molecule has 0 aliphatic heterocycles. The molecule has 0 atom stereocenters. The Hall–Kier alpha value is -1.27. The van der Waals surface area contributed by atoms with Crippen molar-refractivity contribution >= 4 is 23.4 Å². The number of nitrogen functional groups attached to an aromatic ring is 1. The number of carbonyl (C=O) groups excluding carboxylic acids is 1. The second-order valence-corrected chi connectivity index (χ2v) is 4.72. The number of halogens is 1. The minimum atomic E-state index is -0.391. The highest BCUT2D eigenvalue weighted by molar-refractivity contribution is 7.99. The van der Waals surface area contributed by atoms with Crippen LogP contribution in [0.1, 0.15) is 19.3 Å². The van der Waals surface area contributed by atoms with E-state index in [-0.39, 0.29) is 11.6 Å². The number of unbranched alkanes of at least 4 members (excludes halogenated alkanes) is 1. The molecule has 0 aromatic heterocycles. The Morgan fingerprint density at radius 1 is 1.41 bits per heavy atom. The summed E-state index contributed by atoms with van der Waals surface area (Å²) in [6, 6.07) is 4.77. The number of anilines is 1. The van der Waals surface area contributed by atoms with Gasteiger partial charge in [0.1, 0.15) is 5.82 Å². The molecule has 0 heterocycles. The summed E-state index contributed by atoms with van der Waals surface area (Å²) in [7, 11) is 0. The first kappa shape index (κ1) is 13.8. The van der Waals surface area contributed by atoms with Gasteiger partial charge in [0.25, 0.3) is 0 Å². The van der Waals surface area contributed by atoms with Crippen LogP contribution in [0.5, 0.6) is 0 Å². The smallest absolute Gasteiger partial charge is 0.233 e. The Morgan fingerprint density at radius 2 is 2.18 bits per heavy atom. The van der Waals surface area contributed by atoms with E-state index in [4.69, 9.17) is 11.6 Å². The zero-order valence-electron chi connectivity index (χ0n) is 9.41. The third kappa shape index (κ3) is 5.06. The molecule has 0 saturated carbocycles. The van der Waals surface area contributed by atoms with Crippen molar-refractivity contribution in [1.82, 2.24) is 5.43 Å². The number of thioether (sulfide) groups is 1. The van der Waals surface area contributed by atoms with E-state index in [1.807, 2.05) is 0 Å². The van der Waals surface area contributed by atoms with Gasteiger partial charge in [-0.15, -0.1) is 11.8 Å². The summed E-state index contributed by atoms with van der Waals surface area (Å²) in [6.45, 7) is 0. The Labute approximate surface area is 104 Å². The van der Waals surface area contributed by atoms with Gasteiger partial charge in [0.15, 0.2) is 0 Å². The van der Waals surface area contributed by atoms with E-state index < -0.39 is 5.82 Å². The third-order valence-electron chi connectivity index (χ3n) is 2.20. The summed E-state index contributed by atoms with van der Waals surface area (Å²) in [5.74, 6) is 5.23. The van der Waals surface area contributed by atoms with Crippen LogP contribution in [0.25, 0.3) is 0 Å². The molecule has 17 heavy (non-hydrogen) atoms. The van der Waals surface area contributed by atoms with E-state index in [1.165, 1.54) is 6.07 Å². The molecule has 0 aliphatic rings. The van der Waals surface area contributed by atoms with Crippen molar-refractivity contribution in [3.8, 4) is 0 Å². The molecule has 0 radical (unpaired) electrons. The maximum absolute atomic E-state index is 13.1. The van der Waals surface area contributed by atoms with Gasteiger partial charge < -0.3 is 5.73 Å². The minimum Gasteiger partial charge on any atom is -0.396 e. The molecule has 0 aliphatic carbocycles. The van der Waals surface area contributed by atoms with Gasteiger partial charge in [-0.05, 0) is 36.8 Å². The number of rotatable bonds is 6. The summed E-state index contributed by atoms with van der Waals surface area (Å²) >= 11 is 1.54. The van der Waals surface area contributed by atoms with Crippen molar-refractivity contribution < 1.29 is 9.18 Å². The minimum absolute atomic E-state index is 0.159. The fraction of sp³-hybridized carbons (Fsp3) is 0.364. The molecule has 94 valence electrons. The van der Waals surface area contributed by atoms with Crippen molar-refractivity contribution in [1.29, 1.82) is 0 Å². The topological polar surface area (TPSA) is 81.1 Å². The standard InChI is InChI=1S/C11H16FN3OS/c12-9-7-8(4-5-10(9)13)17-6-2-1-3-11(16)15-14/h4-5,7H,1-3,6,13-14H2,(H,15,16). The highest BCUT2D eigenvalue weighted by atomic mass is 32.2. The van der Waals surface area contributed by atoms with Crippen LogP contribution in [-0.4, -0.2) is 11.7 Å². The van der Waals surface area contributed by atoms with Crippen LogP contribution in [0.2, 0.25) is 0 Å². The number of hydrogen-bond donors (Lipinski definition) is 3. The molecule has 1 aromatic carbocycles. The largest absolute Gasteiger partial charge is 0.396 e. The first-order chi connectivity index (χ1) is 8.13. The Bertz CT molecular complexity index is 387. The third-order valence-corrected chi connectivity index (χ3v) is 3.28. The van der Waals surface area contributed by atoms with Crippen LogP contribution in [0.3, 0.4) is 0 Å². The second-order valence-electron chi connectivity index (χ2n) is 3.56. The molecule has 4 nitrogen and oxygen atoms in total. The van der Waals surface area contributed by atoms with E-state index in [9.17, 15) is 9.18 Å². The van der Waals surface area contributed by atoms with Crippen molar-refractivity contribution in [3.05, 3.63) is 24.0 Å². The van der Waals surface area contributed by atoms with Gasteiger partial charge in [-0.2, -0.15) is 0 Å². The fourth-order valence-electron chi connectivity index (χ4n) is 1.25. The number of hydrogen-bond acceptors (Lipinski definition) is 4. The van der Waals surface area contributed by atoms with Crippen LogP contribution in [0.4, 0.5) is 10.1 Å². The van der Waals surface area contributed by atoms with E-state index in [2.05, 4.69) is 5.43 Å². The van der Waals surface area contributed by atoms with Crippen LogP contribution in [0.15, 0.2) is 23.1 Å². The molecule has 1 aromatic rings. The summed E-state index contributed by atoms with van der Waals surface area (Å²) in [5.41, 5.74) is 7.61. The average Bonchev–Trinajstić information content (AvgIpc) is 2.33. The monoisotopic (exact) mass is 257 g/mol. The number of nitrogens with two attached hydrogens (primary N) is 2.